The molecule has 18 heteroatoms. The van der Waals surface area contributed by atoms with Gasteiger partial charge in [0.15, 0.2) is 23.9 Å². The van der Waals surface area contributed by atoms with Crippen LogP contribution in [0.5, 0.6) is 5.75 Å². The maximum absolute atomic E-state index is 14.6. The van der Waals surface area contributed by atoms with Gasteiger partial charge < -0.3 is 40.0 Å². The summed E-state index contributed by atoms with van der Waals surface area (Å²) in [7, 11) is 1.50. The lowest BCUT2D eigenvalue weighted by Crippen LogP contribution is -2.63. The number of rotatable bonds is 11. The molecule has 13 nitrogen and oxygen atoms in total. The molecule has 0 atom stereocenters. The molecule has 3 aliphatic rings. The zero-order valence-corrected chi connectivity index (χ0v) is 30.4. The summed E-state index contributed by atoms with van der Waals surface area (Å²) < 4.78 is 45.9. The van der Waals surface area contributed by atoms with E-state index in [4.69, 9.17) is 28.9 Å². The van der Waals surface area contributed by atoms with Gasteiger partial charge in [0, 0.05) is 82.2 Å². The predicted molar refractivity (Wildman–Crippen MR) is 190 cm³/mol. The second-order valence-electron chi connectivity index (χ2n) is 13.8. The number of anilines is 1. The number of alkyl halides is 2. The lowest BCUT2D eigenvalue weighted by molar-refractivity contribution is -0.929. The van der Waals surface area contributed by atoms with Gasteiger partial charge in [0.1, 0.15) is 0 Å². The molecule has 53 heavy (non-hydrogen) atoms. The molecule has 0 saturated carbocycles. The van der Waals surface area contributed by atoms with E-state index in [0.717, 1.165) is 38.8 Å². The fourth-order valence-corrected chi connectivity index (χ4v) is 7.94. The Hall–Kier alpha value is -4.38. The number of halogens is 5. The summed E-state index contributed by atoms with van der Waals surface area (Å²) in [6.07, 6.45) is 2.66. The highest BCUT2D eigenvalue weighted by Gasteiger charge is 2.42. The number of hydrogen-bond donors (Lipinski definition) is 3. The predicted octanol–water partition coefficient (Wildman–Crippen LogP) is 3.60. The minimum absolute atomic E-state index is 0.0726. The summed E-state index contributed by atoms with van der Waals surface area (Å²) in [5.41, 5.74) is 6.45. The van der Waals surface area contributed by atoms with Crippen LogP contribution in [-0.2, 0) is 16.6 Å². The van der Waals surface area contributed by atoms with Crippen LogP contribution in [0.1, 0.15) is 33.8 Å². The Balaban J connectivity index is 1.02. The molecule has 3 aromatic rings. The van der Waals surface area contributed by atoms with Crippen LogP contribution < -0.4 is 21.1 Å². The maximum Gasteiger partial charge on any atom is 0.387 e. The first-order valence-corrected chi connectivity index (χ1v) is 18.0. The van der Waals surface area contributed by atoms with Gasteiger partial charge in [-0.2, -0.15) is 8.78 Å². The summed E-state index contributed by atoms with van der Waals surface area (Å²) in [6, 6.07) is 6.75. The molecule has 4 heterocycles. The molecule has 0 spiro atoms. The number of hydrogen-bond acceptors (Lipinski definition) is 7. The van der Waals surface area contributed by atoms with E-state index in [9.17, 15) is 32.3 Å². The summed E-state index contributed by atoms with van der Waals surface area (Å²) in [5, 5.41) is 5.58. The van der Waals surface area contributed by atoms with E-state index in [1.54, 1.807) is 4.90 Å². The number of carbonyl (C=O) groups excluding carboxylic acids is 4. The van der Waals surface area contributed by atoms with E-state index in [0.29, 0.717) is 56.0 Å². The number of carbonyl (C=O) groups is 4. The molecule has 2 aromatic carbocycles. The van der Waals surface area contributed by atoms with Crippen LogP contribution in [0.3, 0.4) is 0 Å². The molecule has 6 rings (SSSR count). The lowest BCUT2D eigenvalue weighted by atomic mass is 9.90. The third-order valence-corrected chi connectivity index (χ3v) is 11.0. The van der Waals surface area contributed by atoms with Crippen molar-refractivity contribution in [3.05, 3.63) is 63.8 Å². The molecule has 284 valence electrons. The van der Waals surface area contributed by atoms with E-state index in [-0.39, 0.29) is 57.0 Å². The van der Waals surface area contributed by atoms with Gasteiger partial charge in [0.05, 0.1) is 47.1 Å². The fraction of sp³-hybridized carbons (Fsp3) is 0.457. The Labute approximate surface area is 313 Å². The summed E-state index contributed by atoms with van der Waals surface area (Å²) in [6.45, 7) is 2.74. The van der Waals surface area contributed by atoms with Crippen molar-refractivity contribution in [3.63, 3.8) is 0 Å². The molecular formula is C35H40Cl2F3N8O5+. The van der Waals surface area contributed by atoms with Crippen LogP contribution >= 0.6 is 23.2 Å². The third-order valence-electron chi connectivity index (χ3n) is 10.3. The first-order valence-electron chi connectivity index (χ1n) is 17.2. The monoisotopic (exact) mass is 779 g/mol. The zero-order valence-electron chi connectivity index (χ0n) is 28.9. The summed E-state index contributed by atoms with van der Waals surface area (Å²) in [4.78, 5) is 59.5. The number of nitrogens with zero attached hydrogens (tertiary/aromatic N) is 5. The Morgan fingerprint density at radius 2 is 1.74 bits per heavy atom. The Morgan fingerprint density at radius 1 is 1.06 bits per heavy atom. The smallest absolute Gasteiger partial charge is 0.387 e. The average molecular weight is 781 g/mol. The SMILES string of the molecule is Cn1c(-c2ccc(OC(F)F)c(F)c2Cl)cnc1C(=O)Nc1ccc(C(=O)N2CCN(C(=O)C3CC[N+](CC(N)=O)(CC4CNC4)CC3)CC2)c(Cl)c1. The van der Waals surface area contributed by atoms with Crippen molar-refractivity contribution < 1.29 is 41.6 Å². The number of amides is 4. The number of ether oxygens (including phenoxy) is 1. The topological polar surface area (TPSA) is 152 Å². The number of nitrogens with two attached hydrogens (primary N) is 1. The third kappa shape index (κ3) is 8.40. The number of nitrogens with one attached hydrogen (secondary N) is 2. The Morgan fingerprint density at radius 3 is 2.34 bits per heavy atom. The van der Waals surface area contributed by atoms with Gasteiger partial charge in [0.25, 0.3) is 17.7 Å². The molecule has 4 N–H and O–H groups in total. The second-order valence-corrected chi connectivity index (χ2v) is 14.6. The molecular weight excluding hydrogens is 740 g/mol. The van der Waals surface area contributed by atoms with Crippen LogP contribution in [0.2, 0.25) is 10.0 Å². The maximum atomic E-state index is 14.6. The van der Waals surface area contributed by atoms with Crippen molar-refractivity contribution in [2.24, 2.45) is 24.6 Å². The molecule has 0 radical (unpaired) electrons. The molecule has 1 aromatic heterocycles. The first-order chi connectivity index (χ1) is 25.2. The fourth-order valence-electron chi connectivity index (χ4n) is 7.42. The van der Waals surface area contributed by atoms with Gasteiger partial charge in [-0.1, -0.05) is 23.2 Å². The molecule has 3 saturated heterocycles. The van der Waals surface area contributed by atoms with E-state index >= 15 is 0 Å². The lowest BCUT2D eigenvalue weighted by Gasteiger charge is -2.47. The van der Waals surface area contributed by atoms with E-state index < -0.39 is 29.1 Å². The number of aromatic nitrogens is 2. The zero-order chi connectivity index (χ0) is 38.0. The second kappa shape index (κ2) is 15.9. The quantitative estimate of drug-likeness (QED) is 0.252. The van der Waals surface area contributed by atoms with E-state index in [2.05, 4.69) is 20.4 Å². The van der Waals surface area contributed by atoms with Crippen molar-refractivity contribution >= 4 is 52.5 Å². The van der Waals surface area contributed by atoms with Crippen molar-refractivity contribution in [2.75, 3.05) is 70.8 Å². The number of quaternary nitrogens is 1. The summed E-state index contributed by atoms with van der Waals surface area (Å²) in [5.74, 6) is -2.78. The van der Waals surface area contributed by atoms with Gasteiger partial charge in [0.2, 0.25) is 5.91 Å². The standard InChI is InChI=1S/C35H39Cl2F3N8O5/c1-45-26(24-4-5-27(53-35(39)40)30(38)29(24)37)17-43-31(45)32(50)44-22-2-3-23(25(36)14-22)34(52)47-10-8-46(9-11-47)33(51)21-6-12-48(13-7-21,19-28(41)49)18-20-15-42-16-20/h2-5,14,17,20-21,35,42H,6-13,15-16,18-19H2,1H3,(H2-,41,44,49,50,52)/p+1. The van der Waals surface area contributed by atoms with Crippen LogP contribution in [0.15, 0.2) is 36.5 Å². The summed E-state index contributed by atoms with van der Waals surface area (Å²) >= 11 is 12.6. The first kappa shape index (κ1) is 38.3. The van der Waals surface area contributed by atoms with Gasteiger partial charge >= 0.3 is 6.61 Å². The molecule has 4 amide bonds. The van der Waals surface area contributed by atoms with Gasteiger partial charge in [-0.3, -0.25) is 19.2 Å². The number of piperazine rings is 1. The molecule has 0 aliphatic carbocycles. The number of primary amides is 1. The number of benzene rings is 2. The minimum atomic E-state index is -3.24. The van der Waals surface area contributed by atoms with E-state index in [1.165, 1.54) is 42.1 Å². The van der Waals surface area contributed by atoms with Crippen molar-refractivity contribution in [2.45, 2.75) is 19.5 Å². The van der Waals surface area contributed by atoms with Gasteiger partial charge in [-0.15, -0.1) is 0 Å². The van der Waals surface area contributed by atoms with E-state index in [1.807, 2.05) is 4.90 Å². The van der Waals surface area contributed by atoms with Crippen LogP contribution in [0.4, 0.5) is 18.9 Å². The minimum Gasteiger partial charge on any atom is -0.432 e. The van der Waals surface area contributed by atoms with Crippen LogP contribution in [0.25, 0.3) is 11.3 Å². The normalized spacial score (nSPS) is 20.6. The molecule has 0 unspecified atom stereocenters. The Kier molecular flexibility index (Phi) is 11.5. The molecule has 3 aliphatic heterocycles. The number of likely N-dealkylation sites (tertiary alicyclic amines) is 1. The number of imidazole rings is 1. The van der Waals surface area contributed by atoms with Crippen LogP contribution in [0, 0.1) is 17.7 Å². The van der Waals surface area contributed by atoms with Crippen molar-refractivity contribution in [1.29, 1.82) is 0 Å². The van der Waals surface area contributed by atoms with Crippen molar-refractivity contribution in [1.82, 2.24) is 24.7 Å². The largest absolute Gasteiger partial charge is 0.432 e. The highest BCUT2D eigenvalue weighted by molar-refractivity contribution is 6.34. The molecule has 3 fully saturated rings. The van der Waals surface area contributed by atoms with Gasteiger partial charge in [-0.25, -0.2) is 9.37 Å². The number of piperidine rings is 1. The van der Waals surface area contributed by atoms with Gasteiger partial charge in [-0.05, 0) is 30.3 Å². The van der Waals surface area contributed by atoms with Crippen LogP contribution in [-0.4, -0.2) is 120 Å². The average Bonchev–Trinajstić information content (AvgIpc) is 3.49. The highest BCUT2D eigenvalue weighted by Crippen LogP contribution is 2.36. The van der Waals surface area contributed by atoms with Crippen molar-refractivity contribution in [3.8, 4) is 17.0 Å². The Bertz CT molecular complexity index is 1890. The molecule has 0 bridgehead atoms. The highest BCUT2D eigenvalue weighted by atomic mass is 35.5.